The van der Waals surface area contributed by atoms with Crippen molar-refractivity contribution in [3.8, 4) is 17.1 Å². The third kappa shape index (κ3) is 4.68. The van der Waals surface area contributed by atoms with E-state index in [-0.39, 0.29) is 5.91 Å². The number of ether oxygens (including phenoxy) is 1. The van der Waals surface area contributed by atoms with Crippen LogP contribution in [0.1, 0.15) is 12.8 Å². The average Bonchev–Trinajstić information content (AvgIpc) is 3.50. The number of carbonyl (C=O) groups is 1. The third-order valence-electron chi connectivity index (χ3n) is 5.50. The molecular formula is C20H28N6O2S. The summed E-state index contributed by atoms with van der Waals surface area (Å²) in [7, 11) is 3.60. The monoisotopic (exact) mass is 416 g/mol. The standard InChI is InChI=1S/C20H28N6O2S/c1-23-19(16-5-3-4-6-17(16)28-2)22-26(20(23)29)14-25-11-9-24(10-12-25)13-18(27)21-15-7-8-15/h3-6,15H,7-14H2,1-2H3,(H,21,27). The molecule has 1 amide bonds. The number of carbonyl (C=O) groups excluding carboxylic acids is 1. The zero-order valence-electron chi connectivity index (χ0n) is 17.0. The van der Waals surface area contributed by atoms with Gasteiger partial charge in [-0.05, 0) is 37.2 Å². The Balaban J connectivity index is 1.38. The van der Waals surface area contributed by atoms with Crippen LogP contribution in [0.15, 0.2) is 24.3 Å². The van der Waals surface area contributed by atoms with Crippen molar-refractivity contribution in [2.24, 2.45) is 7.05 Å². The van der Waals surface area contributed by atoms with Crippen LogP contribution in [0.5, 0.6) is 5.75 Å². The van der Waals surface area contributed by atoms with Crippen LogP contribution in [0, 0.1) is 4.77 Å². The molecule has 1 aromatic heterocycles. The number of hydrogen-bond donors (Lipinski definition) is 1. The summed E-state index contributed by atoms with van der Waals surface area (Å²) < 4.78 is 9.95. The number of amides is 1. The van der Waals surface area contributed by atoms with Gasteiger partial charge in [-0.3, -0.25) is 14.6 Å². The minimum atomic E-state index is 0.148. The topological polar surface area (TPSA) is 67.6 Å². The Morgan fingerprint density at radius 1 is 1.21 bits per heavy atom. The van der Waals surface area contributed by atoms with Crippen LogP contribution in [-0.4, -0.2) is 75.9 Å². The van der Waals surface area contributed by atoms with E-state index in [9.17, 15) is 4.79 Å². The van der Waals surface area contributed by atoms with Crippen molar-refractivity contribution >= 4 is 18.1 Å². The highest BCUT2D eigenvalue weighted by molar-refractivity contribution is 7.71. The molecule has 1 aromatic carbocycles. The maximum absolute atomic E-state index is 12.0. The molecule has 156 valence electrons. The molecule has 2 aromatic rings. The molecule has 9 heteroatoms. The minimum Gasteiger partial charge on any atom is -0.496 e. The zero-order valence-corrected chi connectivity index (χ0v) is 17.8. The van der Waals surface area contributed by atoms with Gasteiger partial charge in [-0.1, -0.05) is 12.1 Å². The fourth-order valence-corrected chi connectivity index (χ4v) is 3.81. The Morgan fingerprint density at radius 3 is 2.59 bits per heavy atom. The van der Waals surface area contributed by atoms with E-state index in [0.29, 0.717) is 24.0 Å². The smallest absolute Gasteiger partial charge is 0.234 e. The number of rotatable bonds is 7. The number of methoxy groups -OCH3 is 1. The quantitative estimate of drug-likeness (QED) is 0.690. The highest BCUT2D eigenvalue weighted by Crippen LogP contribution is 2.28. The first kappa shape index (κ1) is 20.1. The summed E-state index contributed by atoms with van der Waals surface area (Å²) in [5.41, 5.74) is 0.925. The number of piperazine rings is 1. The van der Waals surface area contributed by atoms with Crippen molar-refractivity contribution in [2.75, 3.05) is 39.8 Å². The van der Waals surface area contributed by atoms with Gasteiger partial charge in [0.25, 0.3) is 0 Å². The van der Waals surface area contributed by atoms with Gasteiger partial charge < -0.3 is 14.6 Å². The van der Waals surface area contributed by atoms with Gasteiger partial charge in [-0.2, -0.15) is 5.10 Å². The van der Waals surface area contributed by atoms with Gasteiger partial charge >= 0.3 is 0 Å². The lowest BCUT2D eigenvalue weighted by Crippen LogP contribution is -2.49. The summed E-state index contributed by atoms with van der Waals surface area (Å²) in [5.74, 6) is 1.72. The lowest BCUT2D eigenvalue weighted by molar-refractivity contribution is -0.122. The van der Waals surface area contributed by atoms with Crippen LogP contribution >= 0.6 is 12.2 Å². The summed E-state index contributed by atoms with van der Waals surface area (Å²) in [6.07, 6.45) is 2.25. The Kier molecular flexibility index (Phi) is 5.98. The first-order valence-corrected chi connectivity index (χ1v) is 10.5. The normalized spacial score (nSPS) is 18.0. The van der Waals surface area contributed by atoms with Crippen LogP contribution in [0.25, 0.3) is 11.4 Å². The summed E-state index contributed by atoms with van der Waals surface area (Å²) in [6, 6.07) is 8.26. The summed E-state index contributed by atoms with van der Waals surface area (Å²) in [5, 5.41) is 7.82. The van der Waals surface area contributed by atoms with E-state index in [4.69, 9.17) is 22.1 Å². The van der Waals surface area contributed by atoms with E-state index in [1.165, 1.54) is 0 Å². The number of nitrogens with one attached hydrogen (secondary N) is 1. The zero-order chi connectivity index (χ0) is 20.4. The number of benzene rings is 1. The maximum atomic E-state index is 12.0. The Hall–Kier alpha value is -2.23. The molecule has 8 nitrogen and oxygen atoms in total. The molecule has 29 heavy (non-hydrogen) atoms. The number of hydrogen-bond acceptors (Lipinski definition) is 6. The van der Waals surface area contributed by atoms with E-state index >= 15 is 0 Å². The molecule has 0 bridgehead atoms. The van der Waals surface area contributed by atoms with Gasteiger partial charge in [0.05, 0.1) is 25.9 Å². The molecular weight excluding hydrogens is 388 g/mol. The van der Waals surface area contributed by atoms with E-state index < -0.39 is 0 Å². The first-order valence-electron chi connectivity index (χ1n) is 10.1. The van der Waals surface area contributed by atoms with Crippen LogP contribution in [0.4, 0.5) is 0 Å². The molecule has 0 radical (unpaired) electrons. The summed E-state index contributed by atoms with van der Waals surface area (Å²) >= 11 is 5.62. The molecule has 4 rings (SSSR count). The van der Waals surface area contributed by atoms with Gasteiger partial charge in [-0.25, -0.2) is 4.68 Å². The molecule has 1 aliphatic carbocycles. The summed E-state index contributed by atoms with van der Waals surface area (Å²) in [6.45, 7) is 4.66. The molecule has 0 atom stereocenters. The SMILES string of the molecule is COc1ccccc1-c1nn(CN2CCN(CC(=O)NC3CC3)CC2)c(=S)n1C. The third-order valence-corrected chi connectivity index (χ3v) is 5.98. The van der Waals surface area contributed by atoms with Crippen molar-refractivity contribution in [2.45, 2.75) is 25.6 Å². The average molecular weight is 417 g/mol. The number of aromatic nitrogens is 3. The molecule has 1 N–H and O–H groups in total. The van der Waals surface area contributed by atoms with E-state index in [1.807, 2.05) is 40.6 Å². The minimum absolute atomic E-state index is 0.148. The first-order chi connectivity index (χ1) is 14.0. The fourth-order valence-electron chi connectivity index (χ4n) is 3.63. The molecule has 2 aliphatic rings. The van der Waals surface area contributed by atoms with Gasteiger partial charge in [-0.15, -0.1) is 0 Å². The highest BCUT2D eigenvalue weighted by Gasteiger charge is 2.25. The van der Waals surface area contributed by atoms with Crippen LogP contribution in [-0.2, 0) is 18.5 Å². The van der Waals surface area contributed by atoms with Gasteiger partial charge in [0.15, 0.2) is 10.6 Å². The lowest BCUT2D eigenvalue weighted by atomic mass is 10.2. The number of nitrogens with zero attached hydrogens (tertiary/aromatic N) is 5. The molecule has 1 saturated heterocycles. The van der Waals surface area contributed by atoms with E-state index in [1.54, 1.807) is 7.11 Å². The molecule has 1 saturated carbocycles. The second-order valence-electron chi connectivity index (χ2n) is 7.74. The second-order valence-corrected chi connectivity index (χ2v) is 8.11. The lowest BCUT2D eigenvalue weighted by Gasteiger charge is -2.33. The molecule has 2 heterocycles. The second kappa shape index (κ2) is 8.64. The Labute approximate surface area is 176 Å². The van der Waals surface area contributed by atoms with Gasteiger partial charge in [0, 0.05) is 39.3 Å². The largest absolute Gasteiger partial charge is 0.496 e. The van der Waals surface area contributed by atoms with Crippen LogP contribution in [0.3, 0.4) is 0 Å². The van der Waals surface area contributed by atoms with Crippen molar-refractivity contribution < 1.29 is 9.53 Å². The molecule has 0 spiro atoms. The maximum Gasteiger partial charge on any atom is 0.234 e. The fraction of sp³-hybridized carbons (Fsp3) is 0.550. The Bertz CT molecular complexity index is 927. The Morgan fingerprint density at radius 2 is 1.90 bits per heavy atom. The van der Waals surface area contributed by atoms with Crippen LogP contribution < -0.4 is 10.1 Å². The van der Waals surface area contributed by atoms with Crippen molar-refractivity contribution in [1.29, 1.82) is 0 Å². The van der Waals surface area contributed by atoms with Gasteiger partial charge in [0.1, 0.15) is 5.75 Å². The van der Waals surface area contributed by atoms with Crippen LogP contribution in [0.2, 0.25) is 0 Å². The number of para-hydroxylation sites is 1. The van der Waals surface area contributed by atoms with Crippen molar-refractivity contribution in [3.63, 3.8) is 0 Å². The molecule has 1 aliphatic heterocycles. The predicted octanol–water partition coefficient (Wildman–Crippen LogP) is 1.48. The van der Waals surface area contributed by atoms with E-state index in [0.717, 1.165) is 56.2 Å². The summed E-state index contributed by atoms with van der Waals surface area (Å²) in [4.78, 5) is 16.5. The predicted molar refractivity (Wildman–Crippen MR) is 113 cm³/mol. The van der Waals surface area contributed by atoms with Crippen molar-refractivity contribution in [3.05, 3.63) is 29.0 Å². The molecule has 2 fully saturated rings. The van der Waals surface area contributed by atoms with Gasteiger partial charge in [0.2, 0.25) is 5.91 Å². The highest BCUT2D eigenvalue weighted by atomic mass is 32.1. The van der Waals surface area contributed by atoms with E-state index in [2.05, 4.69) is 15.1 Å². The van der Waals surface area contributed by atoms with Crippen molar-refractivity contribution in [1.82, 2.24) is 29.5 Å². The molecule has 0 unspecified atom stereocenters.